The SMILES string of the molecule is C1=CC(c2ccc3c(c2)sc2cc(-c4ccc5c(c4)c4ccc6sc7ccccc7c6c4n5-c4ccccc4)ccc23)=NC(c2ccccc2)=NC(c2ccccc2)=C1. The lowest BCUT2D eigenvalue weighted by Crippen LogP contribution is -2.06. The van der Waals surface area contributed by atoms with Gasteiger partial charge in [0.1, 0.15) is 0 Å². The molecule has 0 fully saturated rings. The average molecular weight is 788 g/mol. The number of amidine groups is 1. The van der Waals surface area contributed by atoms with Gasteiger partial charge in [-0.1, -0.05) is 140 Å². The molecule has 3 nitrogen and oxygen atoms in total. The van der Waals surface area contributed by atoms with Crippen LogP contribution in [-0.4, -0.2) is 16.1 Å². The maximum Gasteiger partial charge on any atom is 0.160 e. The Labute approximate surface area is 348 Å². The number of allylic oxidation sites excluding steroid dienone is 3. The number of nitrogens with zero attached hydrogens (tertiary/aromatic N) is 3. The standard InChI is InChI=1S/C54H33N3S2/c1-4-13-34(14-5-1)45-20-12-21-46(56-54(55-45)35-15-6-2-7-16-35)38-24-27-41-40-26-23-37(32-50(40)59-51(41)33-38)36-25-29-47-44(31-36)42-28-30-49-52(43-19-10-11-22-48(43)58-49)53(42)57(47)39-17-8-3-9-18-39/h1-33H. The van der Waals surface area contributed by atoms with Crippen LogP contribution in [-0.2, 0) is 0 Å². The van der Waals surface area contributed by atoms with Crippen LogP contribution in [0.5, 0.6) is 0 Å². The molecule has 0 unspecified atom stereocenters. The van der Waals surface area contributed by atoms with Crippen LogP contribution in [0.2, 0.25) is 0 Å². The number of aliphatic imine (C=N–C) groups is 2. The Hall–Kier alpha value is -7.18. The summed E-state index contributed by atoms with van der Waals surface area (Å²) in [5.41, 5.74) is 11.0. The Balaban J connectivity index is 0.963. The van der Waals surface area contributed by atoms with Gasteiger partial charge in [-0.25, -0.2) is 9.98 Å². The smallest absolute Gasteiger partial charge is 0.160 e. The molecule has 8 aromatic carbocycles. The first kappa shape index (κ1) is 33.9. The van der Waals surface area contributed by atoms with Gasteiger partial charge in [-0.2, -0.15) is 0 Å². The van der Waals surface area contributed by atoms with Crippen LogP contribution >= 0.6 is 22.7 Å². The van der Waals surface area contributed by atoms with Crippen molar-refractivity contribution in [2.75, 3.05) is 0 Å². The van der Waals surface area contributed by atoms with E-state index in [0.717, 1.165) is 28.1 Å². The molecule has 0 radical (unpaired) electrons. The third kappa shape index (κ3) is 5.70. The fraction of sp³-hybridized carbons (Fsp3) is 0. The molecular formula is C54H33N3S2. The second kappa shape index (κ2) is 13.7. The van der Waals surface area contributed by atoms with Gasteiger partial charge in [0.2, 0.25) is 0 Å². The maximum atomic E-state index is 5.20. The Morgan fingerprint density at radius 2 is 1.03 bits per heavy atom. The highest BCUT2D eigenvalue weighted by Gasteiger charge is 2.19. The number of hydrogen-bond acceptors (Lipinski definition) is 4. The minimum absolute atomic E-state index is 0.693. The number of thiophene rings is 2. The maximum absolute atomic E-state index is 5.20. The van der Waals surface area contributed by atoms with Crippen molar-refractivity contribution < 1.29 is 0 Å². The molecule has 0 amide bonds. The van der Waals surface area contributed by atoms with Gasteiger partial charge in [-0.15, -0.1) is 22.7 Å². The molecule has 0 atom stereocenters. The lowest BCUT2D eigenvalue weighted by molar-refractivity contribution is 1.19. The van der Waals surface area contributed by atoms with Crippen LogP contribution in [0.3, 0.4) is 0 Å². The molecule has 1 aliphatic rings. The van der Waals surface area contributed by atoms with Gasteiger partial charge in [0.25, 0.3) is 0 Å². The van der Waals surface area contributed by atoms with E-state index < -0.39 is 0 Å². The van der Waals surface area contributed by atoms with Crippen molar-refractivity contribution in [3.05, 3.63) is 217 Å². The van der Waals surface area contributed by atoms with Crippen molar-refractivity contribution in [3.8, 4) is 16.8 Å². The Bertz CT molecular complexity index is 3580. The van der Waals surface area contributed by atoms with Crippen molar-refractivity contribution in [1.82, 2.24) is 4.57 Å². The largest absolute Gasteiger partial charge is 0.309 e. The summed E-state index contributed by atoms with van der Waals surface area (Å²) in [5, 5.41) is 7.70. The highest BCUT2D eigenvalue weighted by atomic mass is 32.1. The van der Waals surface area contributed by atoms with Gasteiger partial charge >= 0.3 is 0 Å². The molecule has 0 saturated carbocycles. The van der Waals surface area contributed by atoms with Crippen LogP contribution < -0.4 is 0 Å². The van der Waals surface area contributed by atoms with E-state index in [1.54, 1.807) is 0 Å². The molecule has 12 rings (SSSR count). The molecule has 59 heavy (non-hydrogen) atoms. The molecule has 5 heteroatoms. The van der Waals surface area contributed by atoms with Gasteiger partial charge in [-0.3, -0.25) is 0 Å². The van der Waals surface area contributed by atoms with E-state index in [1.165, 1.54) is 79.0 Å². The number of benzene rings is 8. The summed E-state index contributed by atoms with van der Waals surface area (Å²) in [6.45, 7) is 0. The van der Waals surface area contributed by atoms with Crippen LogP contribution in [0.15, 0.2) is 210 Å². The molecule has 0 bridgehead atoms. The zero-order chi connectivity index (χ0) is 38.9. The first-order valence-electron chi connectivity index (χ1n) is 19.8. The highest BCUT2D eigenvalue weighted by molar-refractivity contribution is 7.26. The summed E-state index contributed by atoms with van der Waals surface area (Å²) in [5.74, 6) is 0.693. The van der Waals surface area contributed by atoms with Crippen LogP contribution in [0.4, 0.5) is 0 Å². The van der Waals surface area contributed by atoms with E-state index >= 15 is 0 Å². The highest BCUT2D eigenvalue weighted by Crippen LogP contribution is 2.44. The summed E-state index contributed by atoms with van der Waals surface area (Å²) in [7, 11) is 0. The zero-order valence-electron chi connectivity index (χ0n) is 31.7. The Morgan fingerprint density at radius 3 is 1.83 bits per heavy atom. The molecule has 0 aliphatic carbocycles. The van der Waals surface area contributed by atoms with Crippen LogP contribution in [0, 0.1) is 0 Å². The Kier molecular flexibility index (Phi) is 7.90. The zero-order valence-corrected chi connectivity index (χ0v) is 33.3. The summed E-state index contributed by atoms with van der Waals surface area (Å²) >= 11 is 3.71. The molecule has 0 saturated heterocycles. The van der Waals surface area contributed by atoms with Crippen LogP contribution in [0.25, 0.3) is 84.7 Å². The topological polar surface area (TPSA) is 29.6 Å². The van der Waals surface area contributed by atoms with Gasteiger partial charge in [0.15, 0.2) is 5.84 Å². The number of fused-ring (bicyclic) bond motifs is 10. The molecule has 1 aliphatic heterocycles. The predicted molar refractivity (Wildman–Crippen MR) is 255 cm³/mol. The summed E-state index contributed by atoms with van der Waals surface area (Å²) in [6, 6.07) is 65.5. The average Bonchev–Trinajstić information content (AvgIpc) is 3.96. The van der Waals surface area contributed by atoms with E-state index in [-0.39, 0.29) is 0 Å². The van der Waals surface area contributed by atoms with E-state index in [9.17, 15) is 0 Å². The van der Waals surface area contributed by atoms with E-state index in [4.69, 9.17) is 9.98 Å². The van der Waals surface area contributed by atoms with Crippen LogP contribution in [0.1, 0.15) is 16.7 Å². The normalized spacial score (nSPS) is 13.3. The molecule has 3 aromatic heterocycles. The lowest BCUT2D eigenvalue weighted by Gasteiger charge is -2.10. The van der Waals surface area contributed by atoms with Crippen molar-refractivity contribution >= 4 is 102 Å². The lowest BCUT2D eigenvalue weighted by atomic mass is 10.0. The van der Waals surface area contributed by atoms with Gasteiger partial charge in [0.05, 0.1) is 22.4 Å². The third-order valence-corrected chi connectivity index (χ3v) is 13.7. The van der Waals surface area contributed by atoms with E-state index in [1.807, 2.05) is 59.1 Å². The Morgan fingerprint density at radius 1 is 0.407 bits per heavy atom. The fourth-order valence-corrected chi connectivity index (χ4v) is 11.0. The minimum atomic E-state index is 0.693. The van der Waals surface area contributed by atoms with Gasteiger partial charge in [-0.05, 0) is 71.8 Å². The third-order valence-electron chi connectivity index (χ3n) is 11.4. The number of hydrogen-bond donors (Lipinski definition) is 0. The predicted octanol–water partition coefficient (Wildman–Crippen LogP) is 15.0. The first-order valence-corrected chi connectivity index (χ1v) is 21.4. The molecule has 4 heterocycles. The van der Waals surface area contributed by atoms with Crippen molar-refractivity contribution in [3.63, 3.8) is 0 Å². The fourth-order valence-electron chi connectivity index (χ4n) is 8.66. The van der Waals surface area contributed by atoms with Crippen molar-refractivity contribution in [1.29, 1.82) is 0 Å². The first-order chi connectivity index (χ1) is 29.2. The summed E-state index contributed by atoms with van der Waals surface area (Å²) in [6.07, 6.45) is 6.24. The number of rotatable bonds is 5. The number of aromatic nitrogens is 1. The minimum Gasteiger partial charge on any atom is -0.309 e. The van der Waals surface area contributed by atoms with E-state index in [2.05, 4.69) is 168 Å². The summed E-state index contributed by atoms with van der Waals surface area (Å²) in [4.78, 5) is 10.3. The molecule has 0 N–H and O–H groups in total. The molecule has 11 aromatic rings. The second-order valence-corrected chi connectivity index (χ2v) is 17.1. The quantitative estimate of drug-likeness (QED) is 0.166. The summed E-state index contributed by atoms with van der Waals surface area (Å²) < 4.78 is 7.60. The van der Waals surface area contributed by atoms with E-state index in [0.29, 0.717) is 5.84 Å². The van der Waals surface area contributed by atoms with Gasteiger partial charge < -0.3 is 4.57 Å². The molecule has 276 valence electrons. The number of para-hydroxylation sites is 1. The molecule has 0 spiro atoms. The second-order valence-electron chi connectivity index (χ2n) is 14.9. The van der Waals surface area contributed by atoms with Crippen molar-refractivity contribution in [2.24, 2.45) is 9.98 Å². The van der Waals surface area contributed by atoms with Crippen molar-refractivity contribution in [2.45, 2.75) is 0 Å². The van der Waals surface area contributed by atoms with Gasteiger partial charge in [0, 0.05) is 73.5 Å². The monoisotopic (exact) mass is 787 g/mol. The molecular weight excluding hydrogens is 755 g/mol.